The predicted molar refractivity (Wildman–Crippen MR) is 119 cm³/mol. The number of aryl methyl sites for hydroxylation is 2. The molecule has 1 atom stereocenters. The number of carbonyl (C=O) groups excluding carboxylic acids is 1. The Balaban J connectivity index is 1.35. The predicted octanol–water partition coefficient (Wildman–Crippen LogP) is 4.38. The molecule has 1 amide bonds. The van der Waals surface area contributed by atoms with Gasteiger partial charge < -0.3 is 8.98 Å². The number of furan rings is 1. The van der Waals surface area contributed by atoms with Gasteiger partial charge in [-0.2, -0.15) is 5.10 Å². The van der Waals surface area contributed by atoms with Crippen LogP contribution in [-0.4, -0.2) is 37.1 Å². The highest BCUT2D eigenvalue weighted by Gasteiger charge is 2.35. The molecule has 0 saturated heterocycles. The molecular weight excluding hydrogens is 410 g/mol. The van der Waals surface area contributed by atoms with E-state index in [0.29, 0.717) is 6.42 Å². The number of aromatic nitrogens is 3. The normalized spacial score (nSPS) is 18.5. The van der Waals surface area contributed by atoms with Gasteiger partial charge in [0.15, 0.2) is 5.16 Å². The van der Waals surface area contributed by atoms with Crippen LogP contribution < -0.4 is 0 Å². The third-order valence-electron chi connectivity index (χ3n) is 5.82. The van der Waals surface area contributed by atoms with Gasteiger partial charge in [0.05, 0.1) is 17.7 Å². The molecule has 2 aromatic heterocycles. The van der Waals surface area contributed by atoms with Gasteiger partial charge in [-0.3, -0.25) is 4.79 Å². The average molecular weight is 436 g/mol. The average Bonchev–Trinajstić information content (AvgIpc) is 3.50. The Bertz CT molecular complexity index is 1090. The Morgan fingerprint density at radius 2 is 2.03 bits per heavy atom. The summed E-state index contributed by atoms with van der Waals surface area (Å²) >= 11 is 1.44. The van der Waals surface area contributed by atoms with E-state index in [1.165, 1.54) is 23.7 Å². The molecule has 1 unspecified atom stereocenters. The van der Waals surface area contributed by atoms with Gasteiger partial charge in [0, 0.05) is 19.4 Å². The van der Waals surface area contributed by atoms with Gasteiger partial charge in [0.1, 0.15) is 17.6 Å². The minimum absolute atomic E-state index is 0.0560. The van der Waals surface area contributed by atoms with Crippen LogP contribution in [0, 0.1) is 6.92 Å². The smallest absolute Gasteiger partial charge is 0.253 e. The summed E-state index contributed by atoms with van der Waals surface area (Å²) in [6, 6.07) is 11.8. The third kappa shape index (κ3) is 4.17. The second-order valence-corrected chi connectivity index (χ2v) is 8.98. The maximum absolute atomic E-state index is 13.2. The van der Waals surface area contributed by atoms with Crippen LogP contribution >= 0.6 is 11.8 Å². The van der Waals surface area contributed by atoms with Crippen LogP contribution in [0.4, 0.5) is 0 Å². The first-order valence-corrected chi connectivity index (χ1v) is 11.7. The number of thioether (sulfide) groups is 1. The van der Waals surface area contributed by atoms with E-state index in [1.54, 1.807) is 11.3 Å². The van der Waals surface area contributed by atoms with Crippen molar-refractivity contribution in [1.29, 1.82) is 0 Å². The fourth-order valence-corrected chi connectivity index (χ4v) is 4.96. The van der Waals surface area contributed by atoms with Gasteiger partial charge in [0.25, 0.3) is 5.91 Å². The molecule has 5 rings (SSSR count). The summed E-state index contributed by atoms with van der Waals surface area (Å²) in [4.78, 5) is 13.2. The summed E-state index contributed by atoms with van der Waals surface area (Å²) in [7, 11) is 0. The molecule has 3 aromatic rings. The first-order chi connectivity index (χ1) is 15.2. The van der Waals surface area contributed by atoms with Crippen LogP contribution in [0.15, 0.2) is 57.3 Å². The molecule has 4 heterocycles. The molecule has 2 aliphatic rings. The molecule has 0 fully saturated rings. The van der Waals surface area contributed by atoms with Crippen LogP contribution in [-0.2, 0) is 17.8 Å². The van der Waals surface area contributed by atoms with Gasteiger partial charge in [-0.1, -0.05) is 48.0 Å². The second-order valence-electron chi connectivity index (χ2n) is 8.04. The number of fused-ring (bicyclic) bond motifs is 1. The fourth-order valence-electron chi connectivity index (χ4n) is 4.12. The Labute approximate surface area is 185 Å². The van der Waals surface area contributed by atoms with Crippen LogP contribution in [0.2, 0.25) is 0 Å². The van der Waals surface area contributed by atoms with Crippen molar-refractivity contribution in [2.24, 2.45) is 5.10 Å². The number of hydrogen-bond acceptors (Lipinski definition) is 6. The Hall–Kier alpha value is -2.87. The second kappa shape index (κ2) is 8.70. The Morgan fingerprint density at radius 1 is 1.16 bits per heavy atom. The van der Waals surface area contributed by atoms with Crippen molar-refractivity contribution >= 4 is 23.4 Å². The summed E-state index contributed by atoms with van der Waals surface area (Å²) in [6.45, 7) is 2.98. The van der Waals surface area contributed by atoms with E-state index in [-0.39, 0.29) is 17.7 Å². The molecule has 0 bridgehead atoms. The topological polar surface area (TPSA) is 76.5 Å². The minimum atomic E-state index is -0.227. The molecule has 31 heavy (non-hydrogen) atoms. The zero-order valence-electron chi connectivity index (χ0n) is 17.5. The van der Waals surface area contributed by atoms with Crippen molar-refractivity contribution in [2.75, 3.05) is 5.75 Å². The lowest BCUT2D eigenvalue weighted by Gasteiger charge is -2.19. The SMILES string of the molecule is Cc1ccc(C2=NN(C(=O)CSc3nnc4n3CCCCC4)C(c3ccco3)C2)cc1. The number of amides is 1. The Morgan fingerprint density at radius 3 is 2.84 bits per heavy atom. The first kappa shape index (κ1) is 20.1. The fraction of sp³-hybridized carbons (Fsp3) is 0.391. The molecule has 0 saturated carbocycles. The third-order valence-corrected chi connectivity index (χ3v) is 6.77. The van der Waals surface area contributed by atoms with Crippen LogP contribution in [0.1, 0.15) is 54.4 Å². The van der Waals surface area contributed by atoms with Crippen molar-refractivity contribution in [2.45, 2.75) is 56.8 Å². The number of nitrogens with zero attached hydrogens (tertiary/aromatic N) is 5. The number of hydrogen-bond donors (Lipinski definition) is 0. The van der Waals surface area contributed by atoms with Crippen LogP contribution in [0.25, 0.3) is 0 Å². The molecule has 0 aliphatic carbocycles. The van der Waals surface area contributed by atoms with Crippen molar-refractivity contribution in [3.63, 3.8) is 0 Å². The lowest BCUT2D eigenvalue weighted by atomic mass is 10.0. The maximum Gasteiger partial charge on any atom is 0.253 e. The largest absolute Gasteiger partial charge is 0.467 e. The number of hydrazone groups is 1. The lowest BCUT2D eigenvalue weighted by molar-refractivity contribution is -0.130. The quantitative estimate of drug-likeness (QED) is 0.556. The van der Waals surface area contributed by atoms with Crippen molar-refractivity contribution in [1.82, 2.24) is 19.8 Å². The highest BCUT2D eigenvalue weighted by atomic mass is 32.2. The van der Waals surface area contributed by atoms with Crippen LogP contribution in [0.5, 0.6) is 0 Å². The van der Waals surface area contributed by atoms with Gasteiger partial charge in [0.2, 0.25) is 0 Å². The van der Waals surface area contributed by atoms with Crippen LogP contribution in [0.3, 0.4) is 0 Å². The van der Waals surface area contributed by atoms with E-state index < -0.39 is 0 Å². The summed E-state index contributed by atoms with van der Waals surface area (Å²) in [5, 5.41) is 15.8. The van der Waals surface area contributed by atoms with Gasteiger partial charge in [-0.05, 0) is 37.5 Å². The van der Waals surface area contributed by atoms with E-state index in [2.05, 4.69) is 46.0 Å². The van der Waals surface area contributed by atoms with Gasteiger partial charge in [-0.25, -0.2) is 5.01 Å². The molecular formula is C23H25N5O2S. The number of benzene rings is 1. The first-order valence-electron chi connectivity index (χ1n) is 10.7. The monoisotopic (exact) mass is 435 g/mol. The maximum atomic E-state index is 13.2. The van der Waals surface area contributed by atoms with E-state index in [9.17, 15) is 4.79 Å². The van der Waals surface area contributed by atoms with Gasteiger partial charge in [-0.15, -0.1) is 10.2 Å². The molecule has 1 aromatic carbocycles. The van der Waals surface area contributed by atoms with Gasteiger partial charge >= 0.3 is 0 Å². The Kier molecular flexibility index (Phi) is 5.63. The highest BCUT2D eigenvalue weighted by Crippen LogP contribution is 2.34. The van der Waals surface area contributed by atoms with E-state index in [0.717, 1.165) is 53.8 Å². The molecule has 7 nitrogen and oxygen atoms in total. The zero-order valence-corrected chi connectivity index (χ0v) is 18.3. The van der Waals surface area contributed by atoms with E-state index in [4.69, 9.17) is 9.52 Å². The summed E-state index contributed by atoms with van der Waals surface area (Å²) in [6.07, 6.45) is 6.72. The van der Waals surface area contributed by atoms with E-state index >= 15 is 0 Å². The highest BCUT2D eigenvalue weighted by molar-refractivity contribution is 7.99. The standard InChI is InChI=1S/C23H25N5O2S/c1-16-8-10-17(11-9-16)18-14-19(20-6-5-13-30-20)28(26-18)22(29)15-31-23-25-24-21-7-3-2-4-12-27(21)23/h5-6,8-11,13,19H,2-4,7,12,14-15H2,1H3. The molecule has 160 valence electrons. The summed E-state index contributed by atoms with van der Waals surface area (Å²) in [5.41, 5.74) is 3.13. The molecule has 8 heteroatoms. The zero-order chi connectivity index (χ0) is 21.2. The summed E-state index contributed by atoms with van der Waals surface area (Å²) in [5.74, 6) is 1.99. The molecule has 0 radical (unpaired) electrons. The van der Waals surface area contributed by atoms with Crippen molar-refractivity contribution in [3.8, 4) is 0 Å². The van der Waals surface area contributed by atoms with E-state index in [1.807, 2.05) is 12.1 Å². The molecule has 0 spiro atoms. The van der Waals surface area contributed by atoms with Crippen molar-refractivity contribution < 1.29 is 9.21 Å². The molecule has 0 N–H and O–H groups in total. The lowest BCUT2D eigenvalue weighted by Crippen LogP contribution is -2.28. The minimum Gasteiger partial charge on any atom is -0.467 e. The summed E-state index contributed by atoms with van der Waals surface area (Å²) < 4.78 is 7.81. The number of rotatable bonds is 5. The number of carbonyl (C=O) groups is 1. The van der Waals surface area contributed by atoms with Crippen molar-refractivity contribution in [3.05, 3.63) is 65.4 Å². The molecule has 2 aliphatic heterocycles.